The van der Waals surface area contributed by atoms with Crippen LogP contribution in [0.15, 0.2) is 72.8 Å². The summed E-state index contributed by atoms with van der Waals surface area (Å²) in [5.74, 6) is 0.0694. The molecule has 0 N–H and O–H groups in total. The van der Waals surface area contributed by atoms with Crippen molar-refractivity contribution < 1.29 is 14.0 Å². The number of nitrogens with zero attached hydrogens (tertiary/aromatic N) is 2. The van der Waals surface area contributed by atoms with Gasteiger partial charge in [-0.3, -0.25) is 9.59 Å². The fourth-order valence-electron chi connectivity index (χ4n) is 5.05. The van der Waals surface area contributed by atoms with Gasteiger partial charge in [-0.25, -0.2) is 4.39 Å². The lowest BCUT2D eigenvalue weighted by atomic mass is 9.98. The highest BCUT2D eigenvalue weighted by Crippen LogP contribution is 2.29. The lowest BCUT2D eigenvalue weighted by Crippen LogP contribution is -2.47. The molecule has 3 aromatic carbocycles. The van der Waals surface area contributed by atoms with Gasteiger partial charge in [0.1, 0.15) is 5.82 Å². The number of hydrogen-bond donors (Lipinski definition) is 0. The number of likely N-dealkylation sites (tertiary alicyclic amines) is 1. The average Bonchev–Trinajstić information content (AvgIpc) is 3.24. The Morgan fingerprint density at radius 3 is 2.38 bits per heavy atom. The summed E-state index contributed by atoms with van der Waals surface area (Å²) in [5.41, 5.74) is 5.83. The van der Waals surface area contributed by atoms with E-state index in [0.717, 1.165) is 52.6 Å². The van der Waals surface area contributed by atoms with Crippen LogP contribution in [0.5, 0.6) is 0 Å². The van der Waals surface area contributed by atoms with E-state index >= 15 is 0 Å². The van der Waals surface area contributed by atoms with Gasteiger partial charge in [-0.2, -0.15) is 0 Å². The van der Waals surface area contributed by atoms with Crippen LogP contribution in [0.2, 0.25) is 0 Å². The predicted molar refractivity (Wildman–Crippen MR) is 147 cm³/mol. The third-order valence-corrected chi connectivity index (χ3v) is 7.10. The largest absolute Gasteiger partial charge is 0.338 e. The van der Waals surface area contributed by atoms with Gasteiger partial charge in [0, 0.05) is 36.8 Å². The van der Waals surface area contributed by atoms with E-state index in [1.54, 1.807) is 6.07 Å². The van der Waals surface area contributed by atoms with Crippen LogP contribution < -0.4 is 0 Å². The highest BCUT2D eigenvalue weighted by molar-refractivity contribution is 5.99. The molecule has 5 heteroatoms. The van der Waals surface area contributed by atoms with Crippen LogP contribution in [0.4, 0.5) is 4.39 Å². The van der Waals surface area contributed by atoms with E-state index in [1.807, 2.05) is 59.2 Å². The molecule has 0 atom stereocenters. The summed E-state index contributed by atoms with van der Waals surface area (Å²) in [6.07, 6.45) is 6.77. The number of carbonyl (C=O) groups is 2. The van der Waals surface area contributed by atoms with Gasteiger partial charge in [0.05, 0.1) is 0 Å². The van der Waals surface area contributed by atoms with Gasteiger partial charge in [0.15, 0.2) is 0 Å². The standard InChI is InChI=1S/C25H28N2O2.C7H7F/c1-3-4-10-21-18(2)8-7-12-23(21)24(28)26-15-13-20(14-16-26)27-17-19-9-5-6-11-22(19)25(27)29;1-6-3-2-4-7(8)5-6/h4-12,20H,3,13-17H2,1-2H3;2-5H,1H3/b10-4-;. The minimum atomic E-state index is -0.162. The van der Waals surface area contributed by atoms with Crippen LogP contribution in [0.25, 0.3) is 6.08 Å². The van der Waals surface area contributed by atoms with Crippen LogP contribution in [0, 0.1) is 19.7 Å². The number of halogens is 1. The summed E-state index contributed by atoms with van der Waals surface area (Å²) in [7, 11) is 0. The number of piperidine rings is 1. The Bertz CT molecular complexity index is 1270. The third kappa shape index (κ3) is 6.16. The molecule has 1 fully saturated rings. The number of amides is 2. The summed E-state index contributed by atoms with van der Waals surface area (Å²) >= 11 is 0. The maximum absolute atomic E-state index is 13.2. The number of aryl methyl sites for hydroxylation is 2. The van der Waals surface area contributed by atoms with E-state index < -0.39 is 0 Å². The van der Waals surface area contributed by atoms with Crippen LogP contribution >= 0.6 is 0 Å². The fraction of sp³-hybridized carbons (Fsp3) is 0.312. The van der Waals surface area contributed by atoms with Crippen molar-refractivity contribution in [1.29, 1.82) is 0 Å². The molecule has 0 spiro atoms. The first kappa shape index (κ1) is 26.3. The molecule has 37 heavy (non-hydrogen) atoms. The second kappa shape index (κ2) is 12.0. The minimum absolute atomic E-state index is 0.0962. The van der Waals surface area contributed by atoms with Gasteiger partial charge in [0.25, 0.3) is 11.8 Å². The van der Waals surface area contributed by atoms with Crippen molar-refractivity contribution in [2.45, 2.75) is 52.6 Å². The molecule has 2 aliphatic heterocycles. The van der Waals surface area contributed by atoms with E-state index in [-0.39, 0.29) is 23.7 Å². The molecule has 4 nitrogen and oxygen atoms in total. The first-order chi connectivity index (χ1) is 17.9. The van der Waals surface area contributed by atoms with Crippen molar-refractivity contribution in [3.8, 4) is 0 Å². The van der Waals surface area contributed by atoms with Crippen molar-refractivity contribution in [3.63, 3.8) is 0 Å². The summed E-state index contributed by atoms with van der Waals surface area (Å²) in [6.45, 7) is 8.08. The quantitative estimate of drug-likeness (QED) is 0.396. The predicted octanol–water partition coefficient (Wildman–Crippen LogP) is 6.81. The average molecular weight is 499 g/mol. The van der Waals surface area contributed by atoms with Crippen molar-refractivity contribution in [3.05, 3.63) is 112 Å². The molecule has 2 amide bonds. The Kier molecular flexibility index (Phi) is 8.54. The monoisotopic (exact) mass is 498 g/mol. The zero-order chi connectivity index (χ0) is 26.4. The zero-order valence-electron chi connectivity index (χ0n) is 21.9. The highest BCUT2D eigenvalue weighted by atomic mass is 19.1. The Morgan fingerprint density at radius 2 is 1.73 bits per heavy atom. The number of carbonyl (C=O) groups excluding carboxylic acids is 2. The van der Waals surface area contributed by atoms with Crippen LogP contribution in [-0.4, -0.2) is 40.7 Å². The second-order valence-electron chi connectivity index (χ2n) is 9.76. The smallest absolute Gasteiger partial charge is 0.254 e. The zero-order valence-corrected chi connectivity index (χ0v) is 21.9. The first-order valence-electron chi connectivity index (χ1n) is 13.1. The highest BCUT2D eigenvalue weighted by Gasteiger charge is 2.35. The van der Waals surface area contributed by atoms with Gasteiger partial charge in [0.2, 0.25) is 0 Å². The maximum Gasteiger partial charge on any atom is 0.254 e. The molecule has 0 radical (unpaired) electrons. The summed E-state index contributed by atoms with van der Waals surface area (Å²) in [4.78, 5) is 29.9. The molecule has 3 aromatic rings. The fourth-order valence-corrected chi connectivity index (χ4v) is 5.05. The van der Waals surface area contributed by atoms with Crippen molar-refractivity contribution in [1.82, 2.24) is 9.80 Å². The van der Waals surface area contributed by atoms with Crippen molar-refractivity contribution in [2.75, 3.05) is 13.1 Å². The normalized spacial score (nSPS) is 15.5. The molecule has 0 bridgehead atoms. The third-order valence-electron chi connectivity index (χ3n) is 7.10. The lowest BCUT2D eigenvalue weighted by Gasteiger charge is -2.37. The van der Waals surface area contributed by atoms with Crippen LogP contribution in [0.1, 0.15) is 69.2 Å². The lowest BCUT2D eigenvalue weighted by molar-refractivity contribution is 0.0535. The molecule has 0 unspecified atom stereocenters. The molecule has 192 valence electrons. The van der Waals surface area contributed by atoms with E-state index in [1.165, 1.54) is 12.1 Å². The molecule has 2 aliphatic rings. The topological polar surface area (TPSA) is 40.6 Å². The number of rotatable bonds is 4. The van der Waals surface area contributed by atoms with E-state index in [4.69, 9.17) is 0 Å². The Hall–Kier alpha value is -3.73. The Balaban J connectivity index is 0.000000342. The van der Waals surface area contributed by atoms with Gasteiger partial charge < -0.3 is 9.80 Å². The molecule has 0 saturated carbocycles. The van der Waals surface area contributed by atoms with Gasteiger partial charge in [-0.1, -0.05) is 61.5 Å². The van der Waals surface area contributed by atoms with Crippen molar-refractivity contribution >= 4 is 17.9 Å². The molecular weight excluding hydrogens is 463 g/mol. The number of benzene rings is 3. The van der Waals surface area contributed by atoms with E-state index in [0.29, 0.717) is 19.6 Å². The summed E-state index contributed by atoms with van der Waals surface area (Å²) in [5, 5.41) is 0. The number of allylic oxidation sites excluding steroid dienone is 1. The van der Waals surface area contributed by atoms with Gasteiger partial charge in [-0.15, -0.1) is 0 Å². The van der Waals surface area contributed by atoms with Crippen LogP contribution in [0.3, 0.4) is 0 Å². The summed E-state index contributed by atoms with van der Waals surface area (Å²) in [6, 6.07) is 20.5. The maximum atomic E-state index is 13.2. The van der Waals surface area contributed by atoms with E-state index in [2.05, 4.69) is 32.1 Å². The Morgan fingerprint density at radius 1 is 1.00 bits per heavy atom. The van der Waals surface area contributed by atoms with Gasteiger partial charge >= 0.3 is 0 Å². The molecule has 0 aliphatic carbocycles. The molecule has 2 heterocycles. The number of hydrogen-bond acceptors (Lipinski definition) is 2. The Labute approximate surface area is 219 Å². The molecule has 1 saturated heterocycles. The SMILES string of the molecule is CC/C=C\c1c(C)cccc1C(=O)N1CCC(N2Cc3ccccc3C2=O)CC1.Cc1cccc(F)c1. The van der Waals surface area contributed by atoms with E-state index in [9.17, 15) is 14.0 Å². The minimum Gasteiger partial charge on any atom is -0.338 e. The number of fused-ring (bicyclic) bond motifs is 1. The second-order valence-corrected chi connectivity index (χ2v) is 9.76. The molecule has 0 aromatic heterocycles. The first-order valence-corrected chi connectivity index (χ1v) is 13.1. The summed E-state index contributed by atoms with van der Waals surface area (Å²) < 4.78 is 12.2. The molecular formula is C32H35FN2O2. The molecule has 5 rings (SSSR count). The van der Waals surface area contributed by atoms with Crippen molar-refractivity contribution in [2.24, 2.45) is 0 Å². The van der Waals surface area contributed by atoms with Gasteiger partial charge in [-0.05, 0) is 79.6 Å². The van der Waals surface area contributed by atoms with Crippen LogP contribution in [-0.2, 0) is 6.54 Å².